The standard InChI is InChI=1S/C21H22F3N3OS/c1-20(2,3)29-12-17(28)27-18(13-7-5-4-6-8-13)14-9-10-15-16(11-14)26-19(25-15)21(22,23)24/h4-11,18H,12H2,1-3H3,(H,25,26)(H,27,28). The number of aromatic nitrogens is 2. The summed E-state index contributed by atoms with van der Waals surface area (Å²) in [6.45, 7) is 6.10. The Morgan fingerprint density at radius 2 is 1.79 bits per heavy atom. The number of benzene rings is 2. The highest BCUT2D eigenvalue weighted by Gasteiger charge is 2.34. The minimum atomic E-state index is -4.55. The number of rotatable bonds is 5. The summed E-state index contributed by atoms with van der Waals surface area (Å²) in [5.74, 6) is -0.886. The SMILES string of the molecule is CC(C)(C)SCC(=O)NC(c1ccccc1)c1ccc2nc(C(F)(F)F)[nH]c2c1. The summed E-state index contributed by atoms with van der Waals surface area (Å²) < 4.78 is 38.8. The lowest BCUT2D eigenvalue weighted by molar-refractivity contribution is -0.144. The maximum Gasteiger partial charge on any atom is 0.449 e. The van der Waals surface area contributed by atoms with Gasteiger partial charge in [0.2, 0.25) is 11.7 Å². The van der Waals surface area contributed by atoms with E-state index in [1.165, 1.54) is 17.8 Å². The highest BCUT2D eigenvalue weighted by atomic mass is 32.2. The molecular formula is C21H22F3N3OS. The normalized spacial score (nSPS) is 13.4. The van der Waals surface area contributed by atoms with Gasteiger partial charge < -0.3 is 10.3 Å². The molecule has 0 aliphatic heterocycles. The van der Waals surface area contributed by atoms with Crippen LogP contribution in [0.5, 0.6) is 0 Å². The van der Waals surface area contributed by atoms with Crippen LogP contribution in [0, 0.1) is 0 Å². The zero-order chi connectivity index (χ0) is 21.2. The van der Waals surface area contributed by atoms with Crippen molar-refractivity contribution in [2.24, 2.45) is 0 Å². The van der Waals surface area contributed by atoms with E-state index in [0.717, 1.165) is 5.56 Å². The second-order valence-electron chi connectivity index (χ2n) is 7.67. The number of imidazole rings is 1. The van der Waals surface area contributed by atoms with Crippen LogP contribution < -0.4 is 5.32 Å². The quantitative estimate of drug-likeness (QED) is 0.586. The van der Waals surface area contributed by atoms with Gasteiger partial charge in [-0.1, -0.05) is 57.2 Å². The van der Waals surface area contributed by atoms with Crippen molar-refractivity contribution in [2.75, 3.05) is 5.75 Å². The molecule has 0 fully saturated rings. The first-order chi connectivity index (χ1) is 13.5. The summed E-state index contributed by atoms with van der Waals surface area (Å²) >= 11 is 1.53. The molecule has 0 aliphatic carbocycles. The van der Waals surface area contributed by atoms with E-state index in [-0.39, 0.29) is 27.4 Å². The number of fused-ring (bicyclic) bond motifs is 1. The first-order valence-electron chi connectivity index (χ1n) is 9.08. The van der Waals surface area contributed by atoms with Crippen molar-refractivity contribution in [1.82, 2.24) is 15.3 Å². The van der Waals surface area contributed by atoms with Crippen molar-refractivity contribution in [3.05, 3.63) is 65.5 Å². The maximum atomic E-state index is 13.0. The highest BCUT2D eigenvalue weighted by Crippen LogP contribution is 2.31. The van der Waals surface area contributed by atoms with Crippen molar-refractivity contribution in [1.29, 1.82) is 0 Å². The Hall–Kier alpha value is -2.48. The summed E-state index contributed by atoms with van der Waals surface area (Å²) in [7, 11) is 0. The maximum absolute atomic E-state index is 13.0. The lowest BCUT2D eigenvalue weighted by Crippen LogP contribution is -2.31. The molecule has 1 atom stereocenters. The molecule has 3 aromatic rings. The van der Waals surface area contributed by atoms with Gasteiger partial charge in [0, 0.05) is 4.75 Å². The molecule has 0 saturated heterocycles. The van der Waals surface area contributed by atoms with E-state index >= 15 is 0 Å². The van der Waals surface area contributed by atoms with Crippen molar-refractivity contribution in [2.45, 2.75) is 37.7 Å². The molecular weight excluding hydrogens is 399 g/mol. The van der Waals surface area contributed by atoms with E-state index in [2.05, 4.69) is 15.3 Å². The Bertz CT molecular complexity index is 994. The van der Waals surface area contributed by atoms with Gasteiger partial charge in [0.15, 0.2) is 0 Å². The summed E-state index contributed by atoms with van der Waals surface area (Å²) in [6, 6.07) is 13.7. The van der Waals surface area contributed by atoms with Crippen LogP contribution >= 0.6 is 11.8 Å². The van der Waals surface area contributed by atoms with Crippen molar-refractivity contribution in [3.63, 3.8) is 0 Å². The summed E-state index contributed by atoms with van der Waals surface area (Å²) in [5.41, 5.74) is 2.02. The van der Waals surface area contributed by atoms with Crippen LogP contribution in [-0.2, 0) is 11.0 Å². The molecule has 1 heterocycles. The largest absolute Gasteiger partial charge is 0.449 e. The molecule has 1 amide bonds. The van der Waals surface area contributed by atoms with Crippen LogP contribution in [0.2, 0.25) is 0 Å². The number of H-pyrrole nitrogens is 1. The van der Waals surface area contributed by atoms with Crippen LogP contribution in [0.15, 0.2) is 48.5 Å². The molecule has 4 nitrogen and oxygen atoms in total. The van der Waals surface area contributed by atoms with Gasteiger partial charge in [-0.15, -0.1) is 11.8 Å². The Kier molecular flexibility index (Phi) is 5.93. The van der Waals surface area contributed by atoms with Crippen molar-refractivity contribution >= 4 is 28.7 Å². The number of amides is 1. The van der Waals surface area contributed by atoms with Gasteiger partial charge in [0.25, 0.3) is 0 Å². The number of thioether (sulfide) groups is 1. The lowest BCUT2D eigenvalue weighted by atomic mass is 9.98. The second-order valence-corrected chi connectivity index (χ2v) is 9.47. The third-order valence-corrected chi connectivity index (χ3v) is 5.45. The Balaban J connectivity index is 1.92. The number of alkyl halides is 3. The number of hydrogen-bond donors (Lipinski definition) is 2. The van der Waals surface area contributed by atoms with Gasteiger partial charge in [0.1, 0.15) is 0 Å². The highest BCUT2D eigenvalue weighted by molar-refractivity contribution is 8.01. The van der Waals surface area contributed by atoms with E-state index in [0.29, 0.717) is 5.56 Å². The molecule has 2 N–H and O–H groups in total. The first kappa shape index (κ1) is 21.2. The van der Waals surface area contributed by atoms with Crippen LogP contribution in [0.4, 0.5) is 13.2 Å². The number of carbonyl (C=O) groups excluding carboxylic acids is 1. The predicted octanol–water partition coefficient (Wildman–Crippen LogP) is 5.32. The number of hydrogen-bond acceptors (Lipinski definition) is 3. The molecule has 0 radical (unpaired) electrons. The van der Waals surface area contributed by atoms with Crippen LogP contribution in [0.25, 0.3) is 11.0 Å². The van der Waals surface area contributed by atoms with E-state index in [1.54, 1.807) is 12.1 Å². The Morgan fingerprint density at radius 1 is 1.10 bits per heavy atom. The van der Waals surface area contributed by atoms with Gasteiger partial charge >= 0.3 is 6.18 Å². The van der Waals surface area contributed by atoms with Gasteiger partial charge in [-0.2, -0.15) is 13.2 Å². The number of aromatic amines is 1. The average molecular weight is 421 g/mol. The summed E-state index contributed by atoms with van der Waals surface area (Å²) in [6.07, 6.45) is -4.55. The first-order valence-corrected chi connectivity index (χ1v) is 10.1. The molecule has 29 heavy (non-hydrogen) atoms. The fourth-order valence-corrected chi connectivity index (χ4v) is 3.48. The van der Waals surface area contributed by atoms with E-state index in [1.807, 2.05) is 51.1 Å². The number of halogens is 3. The van der Waals surface area contributed by atoms with E-state index < -0.39 is 18.0 Å². The topological polar surface area (TPSA) is 57.8 Å². The van der Waals surface area contributed by atoms with E-state index in [4.69, 9.17) is 0 Å². The molecule has 0 saturated carbocycles. The zero-order valence-electron chi connectivity index (χ0n) is 16.3. The summed E-state index contributed by atoms with van der Waals surface area (Å²) in [5, 5.41) is 3.01. The van der Waals surface area contributed by atoms with Crippen LogP contribution in [-0.4, -0.2) is 26.4 Å². The lowest BCUT2D eigenvalue weighted by Gasteiger charge is -2.22. The van der Waals surface area contributed by atoms with Crippen LogP contribution in [0.1, 0.15) is 43.8 Å². The average Bonchev–Trinajstić information content (AvgIpc) is 3.08. The number of nitrogens with one attached hydrogen (secondary N) is 2. The summed E-state index contributed by atoms with van der Waals surface area (Å²) in [4.78, 5) is 18.5. The minimum Gasteiger partial charge on any atom is -0.344 e. The molecule has 1 unspecified atom stereocenters. The third kappa shape index (κ3) is 5.53. The fraction of sp³-hybridized carbons (Fsp3) is 0.333. The zero-order valence-corrected chi connectivity index (χ0v) is 17.1. The fourth-order valence-electron chi connectivity index (χ4n) is 2.83. The molecule has 3 rings (SSSR count). The van der Waals surface area contributed by atoms with Gasteiger partial charge in [-0.3, -0.25) is 4.79 Å². The van der Waals surface area contributed by atoms with Crippen molar-refractivity contribution < 1.29 is 18.0 Å². The van der Waals surface area contributed by atoms with Gasteiger partial charge in [-0.05, 0) is 23.3 Å². The molecule has 0 bridgehead atoms. The van der Waals surface area contributed by atoms with Gasteiger partial charge in [-0.25, -0.2) is 4.98 Å². The molecule has 8 heteroatoms. The molecule has 154 valence electrons. The molecule has 0 spiro atoms. The monoisotopic (exact) mass is 421 g/mol. The Labute approximate surface area is 171 Å². The van der Waals surface area contributed by atoms with E-state index in [9.17, 15) is 18.0 Å². The minimum absolute atomic E-state index is 0.0532. The second kappa shape index (κ2) is 8.10. The van der Waals surface area contributed by atoms with Gasteiger partial charge in [0.05, 0.1) is 22.8 Å². The predicted molar refractivity (Wildman–Crippen MR) is 110 cm³/mol. The number of nitrogens with zero attached hydrogens (tertiary/aromatic N) is 1. The number of carbonyl (C=O) groups is 1. The molecule has 0 aliphatic rings. The third-order valence-electron chi connectivity index (χ3n) is 4.18. The Morgan fingerprint density at radius 3 is 2.41 bits per heavy atom. The van der Waals surface area contributed by atoms with Crippen LogP contribution in [0.3, 0.4) is 0 Å². The molecule has 1 aromatic heterocycles. The smallest absolute Gasteiger partial charge is 0.344 e. The van der Waals surface area contributed by atoms with Crippen molar-refractivity contribution in [3.8, 4) is 0 Å². The molecule has 2 aromatic carbocycles.